The smallest absolute Gasteiger partial charge is 0.387 e. The van der Waals surface area contributed by atoms with Gasteiger partial charge in [0, 0.05) is 21.1 Å². The van der Waals surface area contributed by atoms with Gasteiger partial charge < -0.3 is 34.5 Å². The largest absolute Gasteiger partial charge is 0.469 e. The highest BCUT2D eigenvalue weighted by molar-refractivity contribution is 7.46. The van der Waals surface area contributed by atoms with Gasteiger partial charge in [0.25, 0.3) is 5.56 Å². The summed E-state index contributed by atoms with van der Waals surface area (Å²) in [5.74, 6) is 0.207. The number of hydrogen-bond donors (Lipinski definition) is 4. The van der Waals surface area contributed by atoms with Crippen LogP contribution in [-0.4, -0.2) is 74.0 Å². The van der Waals surface area contributed by atoms with Gasteiger partial charge in [-0.3, -0.25) is 18.5 Å². The van der Waals surface area contributed by atoms with Crippen molar-refractivity contribution in [2.24, 2.45) is 14.1 Å². The third kappa shape index (κ3) is 3.31. The molecule has 14 heteroatoms. The molecule has 152 valence electrons. The first-order chi connectivity index (χ1) is 12.4. The average Bonchev–Trinajstić information content (AvgIpc) is 3.06. The van der Waals surface area contributed by atoms with E-state index in [9.17, 15) is 24.4 Å². The number of aliphatic hydroxyl groups is 2. The number of ether oxygens (including phenoxy) is 1. The van der Waals surface area contributed by atoms with E-state index in [0.29, 0.717) is 0 Å². The molecule has 1 fully saturated rings. The topological polar surface area (TPSA) is 167 Å². The Bertz CT molecular complexity index is 908. The molecule has 0 unspecified atom stereocenters. The lowest BCUT2D eigenvalue weighted by atomic mass is 10.1. The fourth-order valence-electron chi connectivity index (χ4n) is 3.34. The van der Waals surface area contributed by atoms with Crippen LogP contribution in [0, 0.1) is 0 Å². The minimum atomic E-state index is -4.78. The Kier molecular flexibility index (Phi) is 4.97. The molecule has 27 heavy (non-hydrogen) atoms. The van der Waals surface area contributed by atoms with Gasteiger partial charge in [0.1, 0.15) is 29.8 Å². The van der Waals surface area contributed by atoms with Crippen molar-refractivity contribution in [2.75, 3.05) is 30.1 Å². The first-order valence-electron chi connectivity index (χ1n) is 7.93. The van der Waals surface area contributed by atoms with Crippen LogP contribution in [0.5, 0.6) is 0 Å². The first kappa shape index (κ1) is 20.0. The van der Waals surface area contributed by atoms with E-state index < -0.39 is 50.2 Å². The van der Waals surface area contributed by atoms with Crippen LogP contribution in [0.2, 0.25) is 0 Å². The molecular weight excluding hydrogens is 387 g/mol. The van der Waals surface area contributed by atoms with Crippen molar-refractivity contribution < 1.29 is 33.8 Å². The van der Waals surface area contributed by atoms with E-state index in [2.05, 4.69) is 4.52 Å². The third-order valence-electron chi connectivity index (χ3n) is 4.68. The fourth-order valence-corrected chi connectivity index (χ4v) is 3.68. The summed E-state index contributed by atoms with van der Waals surface area (Å²) in [6.45, 7) is -0.562. The van der Waals surface area contributed by atoms with Gasteiger partial charge in [0.05, 0.1) is 13.3 Å². The normalized spacial score (nSPS) is 28.1. The van der Waals surface area contributed by atoms with E-state index in [1.807, 2.05) is 0 Å². The maximum Gasteiger partial charge on any atom is 0.469 e. The lowest BCUT2D eigenvalue weighted by Gasteiger charge is -2.29. The number of anilines is 2. The molecule has 2 aliphatic heterocycles. The van der Waals surface area contributed by atoms with Crippen molar-refractivity contribution in [3.8, 4) is 0 Å². The number of nitrogens with zero attached hydrogens (tertiary/aromatic N) is 4. The molecule has 4 atom stereocenters. The van der Waals surface area contributed by atoms with Gasteiger partial charge in [-0.2, -0.15) is 0 Å². The predicted molar refractivity (Wildman–Crippen MR) is 91.3 cm³/mol. The number of hydrogen-bond acceptors (Lipinski definition) is 9. The second-order valence-electron chi connectivity index (χ2n) is 6.52. The van der Waals surface area contributed by atoms with Crippen molar-refractivity contribution >= 4 is 19.3 Å². The highest BCUT2D eigenvalue weighted by atomic mass is 31.2. The molecule has 3 rings (SSSR count). The molecular formula is C13H21N4O9P. The Labute approximate surface area is 152 Å². The van der Waals surface area contributed by atoms with Crippen LogP contribution in [0.3, 0.4) is 0 Å². The molecule has 0 spiro atoms. The molecule has 0 bridgehead atoms. The Hall–Kier alpha value is -1.73. The highest BCUT2D eigenvalue weighted by Crippen LogP contribution is 2.39. The first-order valence-corrected chi connectivity index (χ1v) is 9.46. The van der Waals surface area contributed by atoms with Gasteiger partial charge in [-0.15, -0.1) is 0 Å². The quantitative estimate of drug-likeness (QED) is 0.372. The van der Waals surface area contributed by atoms with E-state index >= 15 is 0 Å². The Morgan fingerprint density at radius 1 is 1.15 bits per heavy atom. The number of phosphoric acid groups is 1. The van der Waals surface area contributed by atoms with Crippen molar-refractivity contribution in [3.05, 3.63) is 20.8 Å². The van der Waals surface area contributed by atoms with Crippen LogP contribution in [0.15, 0.2) is 9.59 Å². The van der Waals surface area contributed by atoms with Crippen LogP contribution >= 0.6 is 7.82 Å². The van der Waals surface area contributed by atoms with Gasteiger partial charge in [-0.25, -0.2) is 9.36 Å². The van der Waals surface area contributed by atoms with E-state index in [-0.39, 0.29) is 18.2 Å². The maximum absolute atomic E-state index is 12.4. The average molecular weight is 408 g/mol. The molecule has 0 amide bonds. The number of rotatable bonds is 4. The number of phosphoric ester groups is 1. The summed E-state index contributed by atoms with van der Waals surface area (Å²) in [5.41, 5.74) is -0.874. The molecule has 0 radical (unpaired) electrons. The van der Waals surface area contributed by atoms with E-state index in [1.54, 1.807) is 11.9 Å². The Morgan fingerprint density at radius 3 is 2.37 bits per heavy atom. The van der Waals surface area contributed by atoms with Crippen molar-refractivity contribution in [3.63, 3.8) is 0 Å². The molecule has 3 heterocycles. The second kappa shape index (κ2) is 6.71. The molecule has 0 saturated carbocycles. The van der Waals surface area contributed by atoms with Crippen LogP contribution in [0.4, 0.5) is 11.5 Å². The van der Waals surface area contributed by atoms with Crippen LogP contribution in [-0.2, 0) is 27.9 Å². The summed E-state index contributed by atoms with van der Waals surface area (Å²) in [5, 5.41) is 20.5. The van der Waals surface area contributed by atoms with Gasteiger partial charge >= 0.3 is 13.5 Å². The van der Waals surface area contributed by atoms with Crippen molar-refractivity contribution in [2.45, 2.75) is 24.5 Å². The molecule has 1 saturated heterocycles. The zero-order chi connectivity index (χ0) is 20.3. The molecule has 1 aromatic heterocycles. The van der Waals surface area contributed by atoms with E-state index in [1.165, 1.54) is 23.6 Å². The maximum atomic E-state index is 12.4. The summed E-state index contributed by atoms with van der Waals surface area (Å²) in [4.78, 5) is 45.3. The molecule has 4 N–H and O–H groups in total. The number of aromatic nitrogens is 2. The van der Waals surface area contributed by atoms with Gasteiger partial charge in [0.2, 0.25) is 0 Å². The third-order valence-corrected chi connectivity index (χ3v) is 5.17. The predicted octanol–water partition coefficient (Wildman–Crippen LogP) is -3.15. The second-order valence-corrected chi connectivity index (χ2v) is 7.76. The van der Waals surface area contributed by atoms with Crippen molar-refractivity contribution in [1.82, 2.24) is 9.13 Å². The summed E-state index contributed by atoms with van der Waals surface area (Å²) >= 11 is 0. The molecule has 0 aliphatic carbocycles. The highest BCUT2D eigenvalue weighted by Gasteiger charge is 2.49. The summed E-state index contributed by atoms with van der Waals surface area (Å²) in [6, 6.07) is 0. The van der Waals surface area contributed by atoms with Crippen molar-refractivity contribution in [1.29, 1.82) is 0 Å². The summed E-state index contributed by atoms with van der Waals surface area (Å²) in [6.07, 6.45) is -5.32. The minimum Gasteiger partial charge on any atom is -0.387 e. The standard InChI is InChI=1S/C13H21N4O9P/c1-14-5-17(10-7(14)11(20)16(3)13(21)15(10)2)12-9(19)8(18)6(26-12)4-25-27(22,23)24/h6,8-9,12,18-19H,4-5H2,1-3H3,(H2,22,23,24)/t6-,8-,9-,12-/m1/s1. The zero-order valence-electron chi connectivity index (χ0n) is 14.8. The lowest BCUT2D eigenvalue weighted by molar-refractivity contribution is -0.0219. The van der Waals surface area contributed by atoms with Gasteiger partial charge in [-0.1, -0.05) is 0 Å². The molecule has 2 aliphatic rings. The van der Waals surface area contributed by atoms with Gasteiger partial charge in [0.15, 0.2) is 6.23 Å². The van der Waals surface area contributed by atoms with Crippen LogP contribution in [0.25, 0.3) is 0 Å². The molecule has 1 aromatic rings. The van der Waals surface area contributed by atoms with Crippen LogP contribution < -0.4 is 21.0 Å². The Morgan fingerprint density at radius 2 is 1.78 bits per heavy atom. The van der Waals surface area contributed by atoms with Crippen LogP contribution in [0.1, 0.15) is 0 Å². The lowest BCUT2D eigenvalue weighted by Crippen LogP contribution is -2.47. The molecule has 0 aromatic carbocycles. The fraction of sp³-hybridized carbons (Fsp3) is 0.692. The minimum absolute atomic E-state index is 0.0857. The van der Waals surface area contributed by atoms with E-state index in [0.717, 1.165) is 4.57 Å². The zero-order valence-corrected chi connectivity index (χ0v) is 15.7. The Balaban J connectivity index is 1.95. The van der Waals surface area contributed by atoms with E-state index in [4.69, 9.17) is 14.5 Å². The SMILES string of the molecule is CN1CN([C@@H]2O[C@H](COP(=O)(O)O)[C@@H](O)[C@H]2O)c2c1c(=O)n(C)c(=O)n2C. The number of fused-ring (bicyclic) bond motifs is 1. The van der Waals surface area contributed by atoms with Gasteiger partial charge in [-0.05, 0) is 0 Å². The monoisotopic (exact) mass is 408 g/mol. The summed E-state index contributed by atoms with van der Waals surface area (Å²) < 4.78 is 22.9. The number of aliphatic hydroxyl groups excluding tert-OH is 2. The summed E-state index contributed by atoms with van der Waals surface area (Å²) in [7, 11) is -0.355. The molecule has 13 nitrogen and oxygen atoms in total.